The number of hydrogen-bond donors (Lipinski definition) is 3. The number of piperidine rings is 2. The molecule has 8 nitrogen and oxygen atoms in total. The third-order valence-electron chi connectivity index (χ3n) is 5.24. The molecule has 0 aromatic carbocycles. The Hall–Kier alpha value is -1.32. The predicted octanol–water partition coefficient (Wildman–Crippen LogP) is 0.317. The van der Waals surface area contributed by atoms with E-state index >= 15 is 0 Å². The van der Waals surface area contributed by atoms with Crippen molar-refractivity contribution in [1.29, 1.82) is 0 Å². The second kappa shape index (κ2) is 8.86. The van der Waals surface area contributed by atoms with Crippen molar-refractivity contribution >= 4 is 29.3 Å². The van der Waals surface area contributed by atoms with Gasteiger partial charge in [0.1, 0.15) is 5.37 Å². The number of aliphatic carboxylic acids is 1. The molecule has 0 aromatic heterocycles. The molecule has 0 spiro atoms. The van der Waals surface area contributed by atoms with Crippen LogP contribution < -0.4 is 10.6 Å². The van der Waals surface area contributed by atoms with Gasteiger partial charge in [-0.25, -0.2) is 0 Å². The van der Waals surface area contributed by atoms with Crippen molar-refractivity contribution in [3.05, 3.63) is 0 Å². The van der Waals surface area contributed by atoms with Crippen LogP contribution in [0.3, 0.4) is 0 Å². The van der Waals surface area contributed by atoms with E-state index in [-0.39, 0.29) is 6.42 Å². The van der Waals surface area contributed by atoms with Gasteiger partial charge in [-0.2, -0.15) is 5.10 Å². The number of carbonyl (C=O) groups excluding carboxylic acids is 1. The summed E-state index contributed by atoms with van der Waals surface area (Å²) in [7, 11) is 0. The third-order valence-corrected chi connectivity index (χ3v) is 6.51. The van der Waals surface area contributed by atoms with Crippen molar-refractivity contribution < 1.29 is 14.7 Å². The fraction of sp³-hybridized carbons (Fsp3) is 0.812. The van der Waals surface area contributed by atoms with E-state index in [2.05, 4.69) is 20.5 Å². The van der Waals surface area contributed by atoms with E-state index in [0.29, 0.717) is 35.5 Å². The monoisotopic (exact) mass is 369 g/mol. The van der Waals surface area contributed by atoms with Crippen LogP contribution in [0.25, 0.3) is 0 Å². The average molecular weight is 369 g/mol. The lowest BCUT2D eigenvalue weighted by atomic mass is 9.95. The minimum absolute atomic E-state index is 0.202. The number of hydrazone groups is 1. The topological polar surface area (TPSA) is 97.3 Å². The summed E-state index contributed by atoms with van der Waals surface area (Å²) in [6.07, 6.45) is 5.14. The van der Waals surface area contributed by atoms with E-state index in [1.54, 1.807) is 11.8 Å². The van der Waals surface area contributed by atoms with Crippen LogP contribution in [-0.2, 0) is 9.59 Å². The molecule has 3 heterocycles. The number of rotatable bonds is 6. The molecule has 0 aliphatic carbocycles. The molecule has 140 valence electrons. The predicted molar refractivity (Wildman–Crippen MR) is 97.2 cm³/mol. The first kappa shape index (κ1) is 18.5. The van der Waals surface area contributed by atoms with Crippen molar-refractivity contribution in [2.75, 3.05) is 32.7 Å². The van der Waals surface area contributed by atoms with Crippen LogP contribution in [0.4, 0.5) is 0 Å². The molecule has 2 fully saturated rings. The summed E-state index contributed by atoms with van der Waals surface area (Å²) in [6.45, 7) is 4.52. The van der Waals surface area contributed by atoms with Gasteiger partial charge in [-0.1, -0.05) is 11.8 Å². The molecule has 0 bridgehead atoms. The molecule has 9 heteroatoms. The molecular formula is C16H27N5O3S. The first-order valence-electron chi connectivity index (χ1n) is 9.06. The Morgan fingerprint density at radius 3 is 2.68 bits per heavy atom. The van der Waals surface area contributed by atoms with Gasteiger partial charge in [0.25, 0.3) is 0 Å². The Bertz CT molecular complexity index is 504. The lowest BCUT2D eigenvalue weighted by Crippen LogP contribution is -2.48. The van der Waals surface area contributed by atoms with Gasteiger partial charge in [-0.3, -0.25) is 14.6 Å². The zero-order valence-corrected chi connectivity index (χ0v) is 15.2. The summed E-state index contributed by atoms with van der Waals surface area (Å²) in [6, 6.07) is 0.361. The van der Waals surface area contributed by atoms with E-state index in [0.717, 1.165) is 51.9 Å². The second-order valence-corrected chi connectivity index (χ2v) is 7.97. The third kappa shape index (κ3) is 4.86. The maximum absolute atomic E-state index is 10.8. The zero-order valence-electron chi connectivity index (χ0n) is 14.4. The number of carbonyl (C=O) groups is 2. The molecule has 3 aliphatic rings. The van der Waals surface area contributed by atoms with Crippen molar-refractivity contribution in [1.82, 2.24) is 20.5 Å². The minimum atomic E-state index is -0.738. The van der Waals surface area contributed by atoms with Crippen LogP contribution >= 0.6 is 11.8 Å². The Kier molecular flexibility index (Phi) is 6.55. The van der Waals surface area contributed by atoms with Crippen molar-refractivity contribution in [2.24, 2.45) is 11.0 Å². The molecule has 2 saturated heterocycles. The molecule has 1 unspecified atom stereocenters. The number of amidine groups is 1. The van der Waals surface area contributed by atoms with Gasteiger partial charge in [0.2, 0.25) is 6.41 Å². The Labute approximate surface area is 152 Å². The van der Waals surface area contributed by atoms with Gasteiger partial charge in [-0.05, 0) is 44.7 Å². The minimum Gasteiger partial charge on any atom is -0.481 e. The summed E-state index contributed by atoms with van der Waals surface area (Å²) in [4.78, 5) is 23.8. The highest BCUT2D eigenvalue weighted by atomic mass is 32.2. The quantitative estimate of drug-likeness (QED) is 0.580. The lowest BCUT2D eigenvalue weighted by molar-refractivity contribution is -0.137. The highest BCUT2D eigenvalue weighted by Gasteiger charge is 2.39. The number of hydrogen-bond acceptors (Lipinski definition) is 7. The first-order valence-corrected chi connectivity index (χ1v) is 9.94. The van der Waals surface area contributed by atoms with Crippen LogP contribution in [0.1, 0.15) is 32.1 Å². The smallest absolute Gasteiger partial charge is 0.304 e. The fourth-order valence-electron chi connectivity index (χ4n) is 3.86. The SMILES string of the molecule is O=CNC1=NN(C2CCN(CCC(=O)O)CC2)C(C2CCNCC2)S1. The molecular weight excluding hydrogens is 342 g/mol. The van der Waals surface area contributed by atoms with Crippen LogP contribution in [0.15, 0.2) is 5.10 Å². The summed E-state index contributed by atoms with van der Waals surface area (Å²) >= 11 is 1.67. The fourth-order valence-corrected chi connectivity index (χ4v) is 5.14. The van der Waals surface area contributed by atoms with Gasteiger partial charge in [0, 0.05) is 19.6 Å². The number of nitrogens with one attached hydrogen (secondary N) is 2. The maximum Gasteiger partial charge on any atom is 0.304 e. The first-order chi connectivity index (χ1) is 12.2. The van der Waals surface area contributed by atoms with Crippen LogP contribution in [0.5, 0.6) is 0 Å². The number of nitrogens with zero attached hydrogens (tertiary/aromatic N) is 3. The van der Waals surface area contributed by atoms with E-state index < -0.39 is 5.97 Å². The number of likely N-dealkylation sites (tertiary alicyclic amines) is 1. The van der Waals surface area contributed by atoms with E-state index in [1.807, 2.05) is 0 Å². The van der Waals surface area contributed by atoms with Gasteiger partial charge in [-0.15, -0.1) is 0 Å². The van der Waals surface area contributed by atoms with E-state index in [1.165, 1.54) is 0 Å². The maximum atomic E-state index is 10.8. The zero-order chi connectivity index (χ0) is 17.6. The Morgan fingerprint density at radius 2 is 2.04 bits per heavy atom. The van der Waals surface area contributed by atoms with Crippen LogP contribution in [-0.4, -0.2) is 76.7 Å². The number of amides is 1. The van der Waals surface area contributed by atoms with Crippen molar-refractivity contribution in [2.45, 2.75) is 43.5 Å². The highest BCUT2D eigenvalue weighted by Crippen LogP contribution is 2.38. The molecule has 3 rings (SSSR count). The van der Waals surface area contributed by atoms with E-state index in [9.17, 15) is 9.59 Å². The molecule has 25 heavy (non-hydrogen) atoms. The van der Waals surface area contributed by atoms with Crippen LogP contribution in [0.2, 0.25) is 0 Å². The molecule has 0 saturated carbocycles. The highest BCUT2D eigenvalue weighted by molar-refractivity contribution is 8.14. The summed E-state index contributed by atoms with van der Waals surface area (Å²) in [5, 5.41) is 22.9. The number of carboxylic acids is 1. The normalized spacial score (nSPS) is 26.5. The molecule has 1 atom stereocenters. The number of thioether (sulfide) groups is 1. The summed E-state index contributed by atoms with van der Waals surface area (Å²) < 4.78 is 0. The van der Waals surface area contributed by atoms with Gasteiger partial charge in [0.05, 0.1) is 12.5 Å². The van der Waals surface area contributed by atoms with Gasteiger partial charge >= 0.3 is 5.97 Å². The molecule has 1 amide bonds. The van der Waals surface area contributed by atoms with Crippen molar-refractivity contribution in [3.63, 3.8) is 0 Å². The second-order valence-electron chi connectivity index (χ2n) is 6.86. The Balaban J connectivity index is 1.59. The molecule has 3 aliphatic heterocycles. The average Bonchev–Trinajstić information content (AvgIpc) is 3.05. The summed E-state index contributed by atoms with van der Waals surface area (Å²) in [5.74, 6) is -0.163. The molecule has 0 radical (unpaired) electrons. The van der Waals surface area contributed by atoms with Gasteiger partial charge < -0.3 is 20.6 Å². The molecule has 0 aromatic rings. The standard InChI is InChI=1S/C16H27N5O3S/c22-11-18-16-19-21(15(25-16)12-1-6-17-7-2-12)13-3-8-20(9-4-13)10-5-14(23)24/h11-13,15,17H,1-10H2,(H,23,24)(H,18,19,22). The summed E-state index contributed by atoms with van der Waals surface area (Å²) in [5.41, 5.74) is 0. The Morgan fingerprint density at radius 1 is 1.32 bits per heavy atom. The number of carboxylic acid groups (broad SMARTS) is 1. The molecule has 3 N–H and O–H groups in total. The largest absolute Gasteiger partial charge is 0.481 e. The lowest BCUT2D eigenvalue weighted by Gasteiger charge is -2.40. The van der Waals surface area contributed by atoms with Crippen molar-refractivity contribution in [3.8, 4) is 0 Å². The van der Waals surface area contributed by atoms with E-state index in [4.69, 9.17) is 10.2 Å². The van der Waals surface area contributed by atoms with Gasteiger partial charge in [0.15, 0.2) is 5.17 Å². The van der Waals surface area contributed by atoms with Crippen LogP contribution in [0, 0.1) is 5.92 Å².